The number of hydrogen-bond acceptors (Lipinski definition) is 5. The van der Waals surface area contributed by atoms with Crippen LogP contribution in [0.5, 0.6) is 0 Å². The molecule has 11 heteroatoms. The number of carbonyl (C=O) groups excluding carboxylic acids is 1. The standard InChI is InChI=1S/C15H23F2N3O3S2.ClH/c1-3-20(4-2)25(22,23)13-6-5-11(24-13)7-8-18-14(21)12-9-15(16,17)10-19-12;/h5-6,12,19H,3-4,7-10H2,1-2H3,(H,18,21);1H. The Labute approximate surface area is 162 Å². The Morgan fingerprint density at radius 2 is 2.04 bits per heavy atom. The van der Waals surface area contributed by atoms with E-state index in [1.165, 1.54) is 15.6 Å². The Morgan fingerprint density at radius 1 is 1.38 bits per heavy atom. The summed E-state index contributed by atoms with van der Waals surface area (Å²) in [5.41, 5.74) is 0. The van der Waals surface area contributed by atoms with Gasteiger partial charge in [-0.05, 0) is 18.6 Å². The van der Waals surface area contributed by atoms with Gasteiger partial charge in [-0.2, -0.15) is 4.31 Å². The van der Waals surface area contributed by atoms with Gasteiger partial charge in [0.2, 0.25) is 5.91 Å². The number of nitrogens with one attached hydrogen (secondary N) is 2. The third-order valence-corrected chi connectivity index (χ3v) is 7.70. The van der Waals surface area contributed by atoms with Crippen LogP contribution in [-0.4, -0.2) is 56.8 Å². The summed E-state index contributed by atoms with van der Waals surface area (Å²) >= 11 is 1.17. The highest BCUT2D eigenvalue weighted by molar-refractivity contribution is 7.91. The molecule has 0 bridgehead atoms. The van der Waals surface area contributed by atoms with Crippen LogP contribution in [0.1, 0.15) is 25.1 Å². The van der Waals surface area contributed by atoms with Crippen molar-refractivity contribution in [2.75, 3.05) is 26.2 Å². The molecule has 1 unspecified atom stereocenters. The van der Waals surface area contributed by atoms with Crippen molar-refractivity contribution in [2.24, 2.45) is 0 Å². The van der Waals surface area contributed by atoms with Crippen LogP contribution >= 0.6 is 23.7 Å². The van der Waals surface area contributed by atoms with E-state index < -0.39 is 40.9 Å². The molecule has 0 aromatic carbocycles. The fourth-order valence-electron chi connectivity index (χ4n) is 2.65. The molecule has 1 aromatic heterocycles. The molecule has 1 saturated heterocycles. The van der Waals surface area contributed by atoms with E-state index in [0.29, 0.717) is 19.5 Å². The number of carbonyl (C=O) groups is 1. The minimum absolute atomic E-state index is 0. The summed E-state index contributed by atoms with van der Waals surface area (Å²) in [6.07, 6.45) is -0.0443. The highest BCUT2D eigenvalue weighted by Gasteiger charge is 2.42. The smallest absolute Gasteiger partial charge is 0.262 e. The van der Waals surface area contributed by atoms with Crippen LogP contribution in [0.25, 0.3) is 0 Å². The predicted molar refractivity (Wildman–Crippen MR) is 99.7 cm³/mol. The van der Waals surface area contributed by atoms with Crippen molar-refractivity contribution in [3.05, 3.63) is 17.0 Å². The molecule has 26 heavy (non-hydrogen) atoms. The third-order valence-electron chi connectivity index (χ3n) is 4.03. The molecule has 2 rings (SSSR count). The molecule has 6 nitrogen and oxygen atoms in total. The van der Waals surface area contributed by atoms with Gasteiger partial charge in [0.05, 0.1) is 12.6 Å². The average Bonchev–Trinajstić information content (AvgIpc) is 3.15. The molecule has 0 aliphatic carbocycles. The predicted octanol–water partition coefficient (Wildman–Crippen LogP) is 1.86. The molecular weight excluding hydrogens is 408 g/mol. The van der Waals surface area contributed by atoms with Crippen molar-refractivity contribution in [3.63, 3.8) is 0 Å². The van der Waals surface area contributed by atoms with Crippen molar-refractivity contribution in [1.82, 2.24) is 14.9 Å². The van der Waals surface area contributed by atoms with E-state index in [0.717, 1.165) is 4.88 Å². The van der Waals surface area contributed by atoms with Gasteiger partial charge in [-0.1, -0.05) is 13.8 Å². The maximum absolute atomic E-state index is 13.1. The molecule has 1 aliphatic rings. The number of halogens is 3. The van der Waals surface area contributed by atoms with E-state index in [-0.39, 0.29) is 23.2 Å². The van der Waals surface area contributed by atoms with Crippen LogP contribution in [0.3, 0.4) is 0 Å². The van der Waals surface area contributed by atoms with Gasteiger partial charge in [-0.3, -0.25) is 10.1 Å². The number of nitrogens with zero attached hydrogens (tertiary/aromatic N) is 1. The zero-order chi connectivity index (χ0) is 18.7. The minimum atomic E-state index is -3.48. The quantitative estimate of drug-likeness (QED) is 0.658. The second kappa shape index (κ2) is 9.41. The highest BCUT2D eigenvalue weighted by atomic mass is 35.5. The Bertz CT molecular complexity index is 709. The van der Waals surface area contributed by atoms with Gasteiger partial charge in [0, 0.05) is 30.9 Å². The van der Waals surface area contributed by atoms with Crippen LogP contribution in [0, 0.1) is 0 Å². The van der Waals surface area contributed by atoms with Crippen LogP contribution in [0.15, 0.2) is 16.3 Å². The summed E-state index contributed by atoms with van der Waals surface area (Å²) in [5, 5.41) is 5.12. The van der Waals surface area contributed by atoms with Gasteiger partial charge >= 0.3 is 0 Å². The molecule has 0 radical (unpaired) electrons. The van der Waals surface area contributed by atoms with Gasteiger partial charge in [0.1, 0.15) is 4.21 Å². The lowest BCUT2D eigenvalue weighted by Crippen LogP contribution is -2.41. The number of sulfonamides is 1. The maximum atomic E-state index is 13.1. The van der Waals surface area contributed by atoms with Crippen LogP contribution in [0.4, 0.5) is 8.78 Å². The molecule has 1 fully saturated rings. The van der Waals surface area contributed by atoms with Crippen LogP contribution in [0.2, 0.25) is 0 Å². The Morgan fingerprint density at radius 3 is 2.58 bits per heavy atom. The first-order valence-corrected chi connectivity index (χ1v) is 10.4. The van der Waals surface area contributed by atoms with E-state index in [9.17, 15) is 22.0 Å². The van der Waals surface area contributed by atoms with Crippen LogP contribution < -0.4 is 10.6 Å². The highest BCUT2D eigenvalue weighted by Crippen LogP contribution is 2.26. The summed E-state index contributed by atoms with van der Waals surface area (Å²) in [6.45, 7) is 4.16. The summed E-state index contributed by atoms with van der Waals surface area (Å²) in [5.74, 6) is -3.30. The first kappa shape index (κ1) is 23.2. The number of rotatable bonds is 8. The normalized spacial score (nSPS) is 19.3. The molecule has 0 saturated carbocycles. The van der Waals surface area contributed by atoms with Crippen molar-refractivity contribution < 1.29 is 22.0 Å². The Hall–Kier alpha value is -0.810. The van der Waals surface area contributed by atoms with Crippen molar-refractivity contribution >= 4 is 39.7 Å². The lowest BCUT2D eigenvalue weighted by Gasteiger charge is -2.16. The molecule has 2 N–H and O–H groups in total. The monoisotopic (exact) mass is 431 g/mol. The maximum Gasteiger partial charge on any atom is 0.262 e. The SMILES string of the molecule is CCN(CC)S(=O)(=O)c1ccc(CCNC(=O)C2CC(F)(F)CN2)s1.Cl. The van der Waals surface area contributed by atoms with E-state index in [4.69, 9.17) is 0 Å². The molecular formula is C15H24ClF2N3O3S2. The zero-order valence-corrected chi connectivity index (χ0v) is 17.1. The van der Waals surface area contributed by atoms with E-state index in [2.05, 4.69) is 10.6 Å². The number of thiophene rings is 1. The summed E-state index contributed by atoms with van der Waals surface area (Å²) in [6, 6.07) is 2.40. The minimum Gasteiger partial charge on any atom is -0.354 e. The molecule has 1 atom stereocenters. The van der Waals surface area contributed by atoms with Crippen molar-refractivity contribution in [2.45, 2.75) is 42.9 Å². The van der Waals surface area contributed by atoms with Gasteiger partial charge < -0.3 is 5.32 Å². The van der Waals surface area contributed by atoms with Gasteiger partial charge in [-0.25, -0.2) is 17.2 Å². The second-order valence-corrected chi connectivity index (χ2v) is 9.18. The van der Waals surface area contributed by atoms with Crippen molar-refractivity contribution in [3.8, 4) is 0 Å². The Balaban J connectivity index is 0.00000338. The van der Waals surface area contributed by atoms with Crippen molar-refractivity contribution in [1.29, 1.82) is 0 Å². The Kier molecular flexibility index (Phi) is 8.40. The van der Waals surface area contributed by atoms with Crippen LogP contribution in [-0.2, 0) is 21.2 Å². The molecule has 0 spiro atoms. The fourth-order valence-corrected chi connectivity index (χ4v) is 5.62. The first-order chi connectivity index (χ1) is 11.7. The van der Waals surface area contributed by atoms with E-state index >= 15 is 0 Å². The topological polar surface area (TPSA) is 78.5 Å². The summed E-state index contributed by atoms with van der Waals surface area (Å²) in [7, 11) is -3.48. The lowest BCUT2D eigenvalue weighted by molar-refractivity contribution is -0.123. The third kappa shape index (κ3) is 5.59. The zero-order valence-electron chi connectivity index (χ0n) is 14.6. The molecule has 1 aliphatic heterocycles. The second-order valence-electron chi connectivity index (χ2n) is 5.84. The van der Waals surface area contributed by atoms with E-state index in [1.54, 1.807) is 26.0 Å². The number of amides is 1. The lowest BCUT2D eigenvalue weighted by atomic mass is 10.2. The summed E-state index contributed by atoms with van der Waals surface area (Å²) < 4.78 is 52.6. The fraction of sp³-hybridized carbons (Fsp3) is 0.667. The molecule has 1 aromatic rings. The summed E-state index contributed by atoms with van der Waals surface area (Å²) in [4.78, 5) is 12.7. The first-order valence-electron chi connectivity index (χ1n) is 8.17. The molecule has 150 valence electrons. The van der Waals surface area contributed by atoms with Gasteiger partial charge in [0.25, 0.3) is 15.9 Å². The number of alkyl halides is 2. The van der Waals surface area contributed by atoms with E-state index in [1.807, 2.05) is 0 Å². The number of hydrogen-bond donors (Lipinski definition) is 2. The van der Waals surface area contributed by atoms with Gasteiger partial charge in [0.15, 0.2) is 0 Å². The average molecular weight is 432 g/mol. The molecule has 2 heterocycles. The largest absolute Gasteiger partial charge is 0.354 e. The molecule has 1 amide bonds. The van der Waals surface area contributed by atoms with Gasteiger partial charge in [-0.15, -0.1) is 23.7 Å².